The third-order valence-electron chi connectivity index (χ3n) is 3.70. The van der Waals surface area contributed by atoms with Crippen molar-refractivity contribution < 1.29 is 9.53 Å². The van der Waals surface area contributed by atoms with Gasteiger partial charge < -0.3 is 10.1 Å². The summed E-state index contributed by atoms with van der Waals surface area (Å²) in [7, 11) is 1.45. The summed E-state index contributed by atoms with van der Waals surface area (Å²) in [6.07, 6.45) is 0. The number of carbonyl (C=O) groups is 1. The maximum atomic E-state index is 11.7. The van der Waals surface area contributed by atoms with E-state index in [2.05, 4.69) is 35.9 Å². The molecule has 1 aliphatic rings. The van der Waals surface area contributed by atoms with E-state index in [0.29, 0.717) is 0 Å². The van der Waals surface area contributed by atoms with Crippen molar-refractivity contribution in [2.45, 2.75) is 39.3 Å². The van der Waals surface area contributed by atoms with Gasteiger partial charge in [-0.3, -0.25) is 14.6 Å². The summed E-state index contributed by atoms with van der Waals surface area (Å²) in [4.78, 5) is 16.5. The maximum absolute atomic E-state index is 11.7. The SMILES string of the molecule is CCNC(CN1CCN(C(C)(C)C)CC1)C(=O)OC. The minimum atomic E-state index is -0.212. The first kappa shape index (κ1) is 16.4. The van der Waals surface area contributed by atoms with Gasteiger partial charge in [-0.1, -0.05) is 6.92 Å². The third-order valence-corrected chi connectivity index (χ3v) is 3.70. The van der Waals surface area contributed by atoms with Gasteiger partial charge in [-0.15, -0.1) is 0 Å². The van der Waals surface area contributed by atoms with Crippen molar-refractivity contribution in [1.29, 1.82) is 0 Å². The molecule has 0 spiro atoms. The summed E-state index contributed by atoms with van der Waals surface area (Å²) >= 11 is 0. The summed E-state index contributed by atoms with van der Waals surface area (Å²) in [5.74, 6) is -0.167. The number of ether oxygens (including phenoxy) is 1. The highest BCUT2D eigenvalue weighted by molar-refractivity contribution is 5.75. The van der Waals surface area contributed by atoms with Crippen molar-refractivity contribution in [3.8, 4) is 0 Å². The molecule has 1 atom stereocenters. The fourth-order valence-electron chi connectivity index (χ4n) is 2.47. The molecule has 0 saturated carbocycles. The molecule has 1 aliphatic heterocycles. The number of nitrogens with one attached hydrogen (secondary N) is 1. The van der Waals surface area contributed by atoms with Crippen molar-refractivity contribution >= 4 is 5.97 Å². The van der Waals surface area contributed by atoms with Gasteiger partial charge in [-0.2, -0.15) is 0 Å². The minimum absolute atomic E-state index is 0.167. The van der Waals surface area contributed by atoms with Crippen LogP contribution in [-0.2, 0) is 9.53 Å². The highest BCUT2D eigenvalue weighted by Gasteiger charge is 2.28. The van der Waals surface area contributed by atoms with Gasteiger partial charge in [0.2, 0.25) is 0 Å². The highest BCUT2D eigenvalue weighted by atomic mass is 16.5. The lowest BCUT2D eigenvalue weighted by Crippen LogP contribution is -2.56. The van der Waals surface area contributed by atoms with Gasteiger partial charge in [0, 0.05) is 38.3 Å². The predicted octanol–water partition coefficient (Wildman–Crippen LogP) is 0.554. The Labute approximate surface area is 117 Å². The number of carbonyl (C=O) groups excluding carboxylic acids is 1. The van der Waals surface area contributed by atoms with E-state index in [1.165, 1.54) is 7.11 Å². The first-order valence-corrected chi connectivity index (χ1v) is 7.17. The van der Waals surface area contributed by atoms with E-state index in [4.69, 9.17) is 4.74 Å². The molecular weight excluding hydrogens is 242 g/mol. The van der Waals surface area contributed by atoms with Crippen LogP contribution in [0.25, 0.3) is 0 Å². The number of rotatable bonds is 5. The summed E-state index contributed by atoms with van der Waals surface area (Å²) < 4.78 is 4.84. The molecule has 1 fully saturated rings. The van der Waals surface area contributed by atoms with Crippen LogP contribution in [0, 0.1) is 0 Å². The average Bonchev–Trinajstić information content (AvgIpc) is 2.37. The Balaban J connectivity index is 2.44. The molecular formula is C14H29N3O2. The monoisotopic (exact) mass is 271 g/mol. The Morgan fingerprint density at radius 3 is 2.26 bits per heavy atom. The molecule has 0 radical (unpaired) electrons. The lowest BCUT2D eigenvalue weighted by atomic mass is 10.0. The van der Waals surface area contributed by atoms with E-state index in [-0.39, 0.29) is 17.6 Å². The highest BCUT2D eigenvalue weighted by Crippen LogP contribution is 2.15. The standard InChI is InChI=1S/C14H29N3O2/c1-6-15-12(13(18)19-5)11-16-7-9-17(10-8-16)14(2,3)4/h12,15H,6-11H2,1-5H3. The second kappa shape index (κ2) is 7.22. The topological polar surface area (TPSA) is 44.8 Å². The van der Waals surface area contributed by atoms with Crippen LogP contribution in [-0.4, -0.2) is 73.7 Å². The molecule has 1 N–H and O–H groups in total. The van der Waals surface area contributed by atoms with Crippen LogP contribution in [0.1, 0.15) is 27.7 Å². The predicted molar refractivity (Wildman–Crippen MR) is 77.2 cm³/mol. The number of piperazine rings is 1. The molecule has 0 aliphatic carbocycles. The largest absolute Gasteiger partial charge is 0.468 e. The fourth-order valence-corrected chi connectivity index (χ4v) is 2.47. The van der Waals surface area contributed by atoms with Crippen LogP contribution in [0.15, 0.2) is 0 Å². The number of nitrogens with zero attached hydrogens (tertiary/aromatic N) is 2. The number of esters is 1. The molecule has 0 aromatic carbocycles. The first-order valence-electron chi connectivity index (χ1n) is 7.17. The summed E-state index contributed by atoms with van der Waals surface area (Å²) in [6.45, 7) is 14.4. The summed E-state index contributed by atoms with van der Waals surface area (Å²) in [6, 6.07) is -0.212. The Kier molecular flexibility index (Phi) is 6.23. The fraction of sp³-hybridized carbons (Fsp3) is 0.929. The van der Waals surface area contributed by atoms with Crippen LogP contribution in [0.5, 0.6) is 0 Å². The summed E-state index contributed by atoms with van der Waals surface area (Å²) in [5, 5.41) is 3.19. The van der Waals surface area contributed by atoms with Crippen molar-refractivity contribution in [2.24, 2.45) is 0 Å². The van der Waals surface area contributed by atoms with E-state index < -0.39 is 0 Å². The van der Waals surface area contributed by atoms with E-state index in [0.717, 1.165) is 39.3 Å². The van der Waals surface area contributed by atoms with Crippen LogP contribution < -0.4 is 5.32 Å². The number of likely N-dealkylation sites (N-methyl/N-ethyl adjacent to an activating group) is 1. The number of hydrogen-bond donors (Lipinski definition) is 1. The average molecular weight is 271 g/mol. The summed E-state index contributed by atoms with van der Waals surface area (Å²) in [5.41, 5.74) is 0.232. The molecule has 1 saturated heterocycles. The smallest absolute Gasteiger partial charge is 0.324 e. The van der Waals surface area contributed by atoms with Gasteiger partial charge >= 0.3 is 5.97 Å². The van der Waals surface area contributed by atoms with Gasteiger partial charge in [0.25, 0.3) is 0 Å². The van der Waals surface area contributed by atoms with Crippen LogP contribution >= 0.6 is 0 Å². The van der Waals surface area contributed by atoms with Gasteiger partial charge in [0.15, 0.2) is 0 Å². The maximum Gasteiger partial charge on any atom is 0.324 e. The zero-order valence-electron chi connectivity index (χ0n) is 13.0. The third kappa shape index (κ3) is 5.09. The molecule has 0 aromatic heterocycles. The Morgan fingerprint density at radius 1 is 1.26 bits per heavy atom. The van der Waals surface area contributed by atoms with Crippen molar-refractivity contribution in [3.63, 3.8) is 0 Å². The van der Waals surface area contributed by atoms with Gasteiger partial charge in [-0.05, 0) is 27.3 Å². The van der Waals surface area contributed by atoms with E-state index in [1.807, 2.05) is 6.92 Å². The quantitative estimate of drug-likeness (QED) is 0.740. The van der Waals surface area contributed by atoms with Gasteiger partial charge in [0.05, 0.1) is 7.11 Å². The molecule has 5 nitrogen and oxygen atoms in total. The number of methoxy groups -OCH3 is 1. The molecule has 5 heteroatoms. The van der Waals surface area contributed by atoms with Crippen LogP contribution in [0.4, 0.5) is 0 Å². The molecule has 112 valence electrons. The zero-order valence-corrected chi connectivity index (χ0v) is 13.0. The van der Waals surface area contributed by atoms with Crippen LogP contribution in [0.2, 0.25) is 0 Å². The second-order valence-corrected chi connectivity index (χ2v) is 6.09. The van der Waals surface area contributed by atoms with Gasteiger partial charge in [0.1, 0.15) is 6.04 Å². The van der Waals surface area contributed by atoms with E-state index in [9.17, 15) is 4.79 Å². The molecule has 0 aromatic rings. The normalized spacial score (nSPS) is 20.3. The molecule has 1 rings (SSSR count). The molecule has 1 heterocycles. The Bertz CT molecular complexity index is 281. The molecule has 0 bridgehead atoms. The minimum Gasteiger partial charge on any atom is -0.468 e. The second-order valence-electron chi connectivity index (χ2n) is 6.09. The zero-order chi connectivity index (χ0) is 14.5. The number of hydrogen-bond acceptors (Lipinski definition) is 5. The Morgan fingerprint density at radius 2 is 1.84 bits per heavy atom. The van der Waals surface area contributed by atoms with E-state index >= 15 is 0 Å². The lowest BCUT2D eigenvalue weighted by molar-refractivity contribution is -0.143. The van der Waals surface area contributed by atoms with E-state index in [1.54, 1.807) is 0 Å². The van der Waals surface area contributed by atoms with Crippen molar-refractivity contribution in [3.05, 3.63) is 0 Å². The Hall–Kier alpha value is -0.650. The first-order chi connectivity index (χ1) is 8.88. The molecule has 0 amide bonds. The van der Waals surface area contributed by atoms with Crippen molar-refractivity contribution in [1.82, 2.24) is 15.1 Å². The molecule has 19 heavy (non-hydrogen) atoms. The van der Waals surface area contributed by atoms with Crippen molar-refractivity contribution in [2.75, 3.05) is 46.4 Å². The van der Waals surface area contributed by atoms with Crippen LogP contribution in [0.3, 0.4) is 0 Å². The van der Waals surface area contributed by atoms with Gasteiger partial charge in [-0.25, -0.2) is 0 Å². The lowest BCUT2D eigenvalue weighted by Gasteiger charge is -2.42. The molecule has 1 unspecified atom stereocenters.